The van der Waals surface area contributed by atoms with E-state index in [0.717, 1.165) is 0 Å². The van der Waals surface area contributed by atoms with Crippen LogP contribution >= 0.6 is 0 Å². The molecule has 1 aliphatic rings. The van der Waals surface area contributed by atoms with E-state index in [9.17, 15) is 14.7 Å². The van der Waals surface area contributed by atoms with E-state index in [0.29, 0.717) is 28.8 Å². The van der Waals surface area contributed by atoms with Crippen LogP contribution in [0.25, 0.3) is 5.76 Å². The third-order valence-corrected chi connectivity index (χ3v) is 4.11. The Labute approximate surface area is 152 Å². The summed E-state index contributed by atoms with van der Waals surface area (Å²) in [6.07, 6.45) is 0.453. The van der Waals surface area contributed by atoms with E-state index in [-0.39, 0.29) is 28.9 Å². The number of nitrogens with zero attached hydrogens (tertiary/aromatic N) is 1. The Kier molecular flexibility index (Phi) is 4.98. The van der Waals surface area contributed by atoms with Crippen molar-refractivity contribution in [1.29, 1.82) is 0 Å². The summed E-state index contributed by atoms with van der Waals surface area (Å²) in [5.41, 5.74) is 4.46. The zero-order chi connectivity index (χ0) is 18.7. The van der Waals surface area contributed by atoms with Gasteiger partial charge in [-0.05, 0) is 24.5 Å². The maximum atomic E-state index is 12.7. The summed E-state index contributed by atoms with van der Waals surface area (Å²) in [4.78, 5) is 25.0. The Morgan fingerprint density at radius 2 is 1.65 bits per heavy atom. The molecule has 0 saturated heterocycles. The highest BCUT2D eigenvalue weighted by Crippen LogP contribution is 2.32. The van der Waals surface area contributed by atoms with Gasteiger partial charge >= 0.3 is 0 Å². The fourth-order valence-corrected chi connectivity index (χ4v) is 2.89. The molecule has 132 valence electrons. The number of carbonyl (C=O) groups is 2. The summed E-state index contributed by atoms with van der Waals surface area (Å²) < 4.78 is 0. The highest BCUT2D eigenvalue weighted by molar-refractivity contribution is 6.35. The van der Waals surface area contributed by atoms with Crippen molar-refractivity contribution in [3.8, 4) is 0 Å². The number of ketones is 1. The second kappa shape index (κ2) is 7.35. The van der Waals surface area contributed by atoms with Gasteiger partial charge in [0, 0.05) is 16.7 Å². The number of hydrazone groups is 1. The van der Waals surface area contributed by atoms with E-state index in [2.05, 4.69) is 10.5 Å². The van der Waals surface area contributed by atoms with E-state index >= 15 is 0 Å². The molecule has 5 nitrogen and oxygen atoms in total. The number of Topliss-reactive ketones (excluding diaryl/α,β-unsaturated/α-hetero) is 1. The van der Waals surface area contributed by atoms with Gasteiger partial charge in [0.2, 0.25) is 0 Å². The number of aliphatic hydroxyl groups is 1. The zero-order valence-electron chi connectivity index (χ0n) is 14.7. The van der Waals surface area contributed by atoms with Gasteiger partial charge in [0.25, 0.3) is 5.91 Å². The molecule has 0 fully saturated rings. The number of benzene rings is 2. The number of allylic oxidation sites excluding steroid dienone is 1. The largest absolute Gasteiger partial charge is 0.506 e. The molecule has 3 rings (SSSR count). The maximum absolute atomic E-state index is 12.7. The first-order chi connectivity index (χ1) is 12.5. The number of rotatable bonds is 5. The summed E-state index contributed by atoms with van der Waals surface area (Å²) in [7, 11) is 0. The molecular weight excluding hydrogens is 328 g/mol. The number of aliphatic hydroxyl groups excluding tert-OH is 1. The molecular formula is C21H20N2O3. The molecule has 1 aliphatic carbocycles. The molecule has 0 unspecified atom stereocenters. The highest BCUT2D eigenvalue weighted by Gasteiger charge is 2.32. The maximum Gasteiger partial charge on any atom is 0.271 e. The van der Waals surface area contributed by atoms with Gasteiger partial charge in [-0.2, -0.15) is 5.10 Å². The van der Waals surface area contributed by atoms with Gasteiger partial charge < -0.3 is 5.11 Å². The number of amides is 1. The first kappa shape index (κ1) is 17.6. The van der Waals surface area contributed by atoms with E-state index in [4.69, 9.17) is 0 Å². The number of fused-ring (bicyclic) bond motifs is 1. The lowest BCUT2D eigenvalue weighted by Crippen LogP contribution is -2.22. The second-order valence-electron chi connectivity index (χ2n) is 6.56. The smallest absolute Gasteiger partial charge is 0.271 e. The van der Waals surface area contributed by atoms with Crippen molar-refractivity contribution >= 4 is 23.2 Å². The van der Waals surface area contributed by atoms with E-state index in [1.165, 1.54) is 0 Å². The fraction of sp³-hybridized carbons (Fsp3) is 0.190. The average molecular weight is 348 g/mol. The Hall–Kier alpha value is -3.21. The van der Waals surface area contributed by atoms with Gasteiger partial charge in [0.05, 0.1) is 11.3 Å². The summed E-state index contributed by atoms with van der Waals surface area (Å²) in [5.74, 6) is -0.528. The number of hydrogen-bond donors (Lipinski definition) is 2. The Morgan fingerprint density at radius 3 is 2.27 bits per heavy atom. The molecule has 0 bridgehead atoms. The topological polar surface area (TPSA) is 78.8 Å². The van der Waals surface area contributed by atoms with Crippen LogP contribution in [0, 0.1) is 5.92 Å². The van der Waals surface area contributed by atoms with Crippen molar-refractivity contribution in [2.24, 2.45) is 11.0 Å². The van der Waals surface area contributed by atoms with Crippen molar-refractivity contribution in [3.05, 3.63) is 76.9 Å². The molecule has 2 N–H and O–H groups in total. The zero-order valence-corrected chi connectivity index (χ0v) is 14.7. The molecule has 1 amide bonds. The minimum atomic E-state index is -0.366. The molecule has 26 heavy (non-hydrogen) atoms. The molecule has 0 spiro atoms. The van der Waals surface area contributed by atoms with E-state index in [1.54, 1.807) is 48.5 Å². The van der Waals surface area contributed by atoms with Crippen molar-refractivity contribution in [2.75, 3.05) is 0 Å². The summed E-state index contributed by atoms with van der Waals surface area (Å²) in [6, 6.07) is 15.6. The lowest BCUT2D eigenvalue weighted by atomic mass is 9.98. The minimum absolute atomic E-state index is 0.0843. The Bertz CT molecular complexity index is 912. The Balaban J connectivity index is 1.93. The van der Waals surface area contributed by atoms with Crippen LogP contribution in [0.5, 0.6) is 0 Å². The lowest BCUT2D eigenvalue weighted by Gasteiger charge is -2.10. The molecule has 0 radical (unpaired) electrons. The van der Waals surface area contributed by atoms with Crippen molar-refractivity contribution < 1.29 is 14.7 Å². The van der Waals surface area contributed by atoms with Crippen LogP contribution in [-0.4, -0.2) is 22.5 Å². The standard InChI is InChI=1S/C21H20N2O3/c1-13(2)12-17(22-23-21(26)14-8-4-3-5-9-14)18-19(24)15-10-6-7-11-16(15)20(18)25/h3-11,13,24H,12H2,1-2H3,(H,23,26)/b22-17+. The first-order valence-corrected chi connectivity index (χ1v) is 8.48. The van der Waals surface area contributed by atoms with Gasteiger partial charge in [0.1, 0.15) is 5.76 Å². The summed E-state index contributed by atoms with van der Waals surface area (Å²) in [6.45, 7) is 3.97. The SMILES string of the molecule is CC(C)C/C(=N\NC(=O)c1ccccc1)C1=C(O)c2ccccc2C1=O. The third kappa shape index (κ3) is 3.42. The first-order valence-electron chi connectivity index (χ1n) is 8.48. The summed E-state index contributed by atoms with van der Waals surface area (Å²) in [5, 5.41) is 14.7. The molecule has 0 atom stereocenters. The van der Waals surface area contributed by atoms with Gasteiger partial charge in [-0.1, -0.05) is 56.3 Å². The van der Waals surface area contributed by atoms with Gasteiger partial charge in [-0.15, -0.1) is 0 Å². The summed E-state index contributed by atoms with van der Waals surface area (Å²) >= 11 is 0. The minimum Gasteiger partial charge on any atom is -0.506 e. The average Bonchev–Trinajstić information content (AvgIpc) is 2.90. The highest BCUT2D eigenvalue weighted by atomic mass is 16.3. The van der Waals surface area contributed by atoms with E-state index < -0.39 is 0 Å². The number of nitrogens with one attached hydrogen (secondary N) is 1. The van der Waals surface area contributed by atoms with Crippen molar-refractivity contribution in [1.82, 2.24) is 5.43 Å². The number of hydrogen-bond acceptors (Lipinski definition) is 4. The predicted molar refractivity (Wildman–Crippen MR) is 101 cm³/mol. The van der Waals surface area contributed by atoms with Crippen LogP contribution in [0.2, 0.25) is 0 Å². The Morgan fingerprint density at radius 1 is 1.04 bits per heavy atom. The van der Waals surface area contributed by atoms with Gasteiger partial charge in [-0.3, -0.25) is 9.59 Å². The van der Waals surface area contributed by atoms with E-state index in [1.807, 2.05) is 19.9 Å². The van der Waals surface area contributed by atoms with Gasteiger partial charge in [-0.25, -0.2) is 5.43 Å². The van der Waals surface area contributed by atoms with Crippen LogP contribution in [-0.2, 0) is 0 Å². The van der Waals surface area contributed by atoms with Crippen LogP contribution in [0.3, 0.4) is 0 Å². The third-order valence-electron chi connectivity index (χ3n) is 4.11. The van der Waals surface area contributed by atoms with Crippen molar-refractivity contribution in [2.45, 2.75) is 20.3 Å². The molecule has 2 aromatic carbocycles. The number of carbonyl (C=O) groups excluding carboxylic acids is 2. The molecule has 0 heterocycles. The van der Waals surface area contributed by atoms with Crippen LogP contribution in [0.4, 0.5) is 0 Å². The fourth-order valence-electron chi connectivity index (χ4n) is 2.89. The van der Waals surface area contributed by atoms with Crippen LogP contribution in [0.1, 0.15) is 46.5 Å². The molecule has 0 aliphatic heterocycles. The quantitative estimate of drug-likeness (QED) is 0.633. The molecule has 0 aromatic heterocycles. The predicted octanol–water partition coefficient (Wildman–Crippen LogP) is 3.98. The monoisotopic (exact) mass is 348 g/mol. The lowest BCUT2D eigenvalue weighted by molar-refractivity contribution is 0.0953. The molecule has 0 saturated carbocycles. The molecule has 2 aromatic rings. The normalized spacial score (nSPS) is 14.0. The second-order valence-corrected chi connectivity index (χ2v) is 6.56. The molecule has 5 heteroatoms. The van der Waals surface area contributed by atoms with Crippen LogP contribution in [0.15, 0.2) is 65.3 Å². The van der Waals surface area contributed by atoms with Gasteiger partial charge in [0.15, 0.2) is 5.78 Å². The van der Waals surface area contributed by atoms with Crippen LogP contribution < -0.4 is 5.43 Å². The van der Waals surface area contributed by atoms with Crippen molar-refractivity contribution in [3.63, 3.8) is 0 Å².